The first-order valence-electron chi connectivity index (χ1n) is 9.46. The number of allylic oxidation sites excluding steroid dienone is 4. The number of rotatable bonds is 1. The van der Waals surface area contributed by atoms with E-state index in [0.717, 1.165) is 37.7 Å². The Morgan fingerprint density at radius 3 is 2.70 bits per heavy atom. The van der Waals surface area contributed by atoms with Crippen LogP contribution in [-0.2, 0) is 4.79 Å². The molecule has 2 saturated carbocycles. The molecule has 0 aromatic heterocycles. The minimum absolute atomic E-state index is 0.0668. The fraction of sp³-hybridized carbons (Fsp3) is 0.762. The van der Waals surface area contributed by atoms with Gasteiger partial charge in [0.1, 0.15) is 0 Å². The van der Waals surface area contributed by atoms with Crippen molar-refractivity contribution in [3.05, 3.63) is 23.3 Å². The Kier molecular flexibility index (Phi) is 3.43. The smallest absolute Gasteiger partial charge is 0.156 e. The van der Waals surface area contributed by atoms with Gasteiger partial charge in [-0.2, -0.15) is 0 Å². The molecule has 0 bridgehead atoms. The van der Waals surface area contributed by atoms with Gasteiger partial charge in [-0.1, -0.05) is 31.6 Å². The van der Waals surface area contributed by atoms with Gasteiger partial charge in [-0.25, -0.2) is 0 Å². The van der Waals surface area contributed by atoms with Crippen LogP contribution in [0.1, 0.15) is 65.7 Å². The van der Waals surface area contributed by atoms with Gasteiger partial charge >= 0.3 is 0 Å². The van der Waals surface area contributed by atoms with Crippen molar-refractivity contribution < 1.29 is 9.90 Å². The molecule has 4 rings (SSSR count). The lowest BCUT2D eigenvalue weighted by Crippen LogP contribution is -2.48. The Hall–Kier alpha value is -0.890. The van der Waals surface area contributed by atoms with Crippen molar-refractivity contribution in [2.75, 3.05) is 0 Å². The molecule has 0 aliphatic heterocycles. The predicted molar refractivity (Wildman–Crippen MR) is 91.9 cm³/mol. The molecule has 2 nitrogen and oxygen atoms in total. The summed E-state index contributed by atoms with van der Waals surface area (Å²) in [6.45, 7) is 6.52. The van der Waals surface area contributed by atoms with Crippen molar-refractivity contribution in [3.8, 4) is 0 Å². The fourth-order valence-corrected chi connectivity index (χ4v) is 6.63. The summed E-state index contributed by atoms with van der Waals surface area (Å²) >= 11 is 0. The van der Waals surface area contributed by atoms with Gasteiger partial charge in [0.05, 0.1) is 6.10 Å². The van der Waals surface area contributed by atoms with Crippen LogP contribution in [0.25, 0.3) is 0 Å². The van der Waals surface area contributed by atoms with E-state index in [1.54, 1.807) is 12.5 Å². The minimum Gasteiger partial charge on any atom is -0.393 e. The lowest BCUT2D eigenvalue weighted by Gasteiger charge is -2.56. The summed E-state index contributed by atoms with van der Waals surface area (Å²) < 4.78 is 0. The maximum Gasteiger partial charge on any atom is 0.156 e. The van der Waals surface area contributed by atoms with E-state index in [9.17, 15) is 9.90 Å². The topological polar surface area (TPSA) is 37.3 Å². The first-order valence-corrected chi connectivity index (χ1v) is 9.46. The number of Topliss-reactive ketones (excluding diaryl/α,β-unsaturated/α-hetero) is 1. The maximum absolute atomic E-state index is 12.1. The van der Waals surface area contributed by atoms with E-state index in [1.165, 1.54) is 12.8 Å². The Labute approximate surface area is 140 Å². The number of hydrogen-bond acceptors (Lipinski definition) is 2. The monoisotopic (exact) mass is 314 g/mol. The highest BCUT2D eigenvalue weighted by molar-refractivity contribution is 5.95. The molecule has 0 aromatic rings. The predicted octanol–water partition coefficient (Wildman–Crippen LogP) is 4.44. The molecule has 126 valence electrons. The molecular weight excluding hydrogens is 284 g/mol. The normalized spacial score (nSPS) is 48.7. The van der Waals surface area contributed by atoms with Crippen LogP contribution in [0.5, 0.6) is 0 Å². The van der Waals surface area contributed by atoms with Gasteiger partial charge in [-0.3, -0.25) is 4.79 Å². The molecule has 1 N–H and O–H groups in total. The molecule has 0 radical (unpaired) electrons. The summed E-state index contributed by atoms with van der Waals surface area (Å²) in [5.41, 5.74) is 3.13. The highest BCUT2D eigenvalue weighted by Crippen LogP contribution is 2.64. The first-order chi connectivity index (χ1) is 10.9. The Balaban J connectivity index is 1.69. The molecule has 0 spiro atoms. The summed E-state index contributed by atoms with van der Waals surface area (Å²) in [4.78, 5) is 12.1. The molecule has 0 amide bonds. The summed E-state index contributed by atoms with van der Waals surface area (Å²) in [5.74, 6) is 2.19. The van der Waals surface area contributed by atoms with Crippen molar-refractivity contribution >= 4 is 5.78 Å². The number of aliphatic hydroxyl groups is 1. The van der Waals surface area contributed by atoms with E-state index in [1.807, 2.05) is 0 Å². The molecule has 2 fully saturated rings. The number of fused-ring (bicyclic) bond motifs is 5. The van der Waals surface area contributed by atoms with Crippen LogP contribution in [0, 0.1) is 28.6 Å². The first kappa shape index (κ1) is 15.6. The van der Waals surface area contributed by atoms with Gasteiger partial charge in [0.15, 0.2) is 5.78 Å². The standard InChI is InChI=1S/C21H30O2/c1-13(22)17-6-7-18-16-5-4-14-12-15(23)8-10-20(14,2)19(16)9-11-21(17,18)3/h6,9,14-16,18,23H,4-5,7-8,10-12H2,1-3H3/t14-,15+,16-,18-,20-,21+/m0/s1. The Morgan fingerprint density at radius 1 is 1.17 bits per heavy atom. The summed E-state index contributed by atoms with van der Waals surface area (Å²) in [6, 6.07) is 0. The minimum atomic E-state index is -0.0865. The fourth-order valence-electron chi connectivity index (χ4n) is 6.63. The maximum atomic E-state index is 12.1. The van der Waals surface area contributed by atoms with Crippen LogP contribution in [-0.4, -0.2) is 17.0 Å². The van der Waals surface area contributed by atoms with E-state index in [2.05, 4.69) is 26.0 Å². The van der Waals surface area contributed by atoms with E-state index >= 15 is 0 Å². The third-order valence-corrected chi connectivity index (χ3v) is 7.96. The van der Waals surface area contributed by atoms with Crippen LogP contribution < -0.4 is 0 Å². The van der Waals surface area contributed by atoms with E-state index in [-0.39, 0.29) is 17.3 Å². The number of hydrogen-bond donors (Lipinski definition) is 1. The van der Waals surface area contributed by atoms with E-state index in [4.69, 9.17) is 0 Å². The van der Waals surface area contributed by atoms with Gasteiger partial charge < -0.3 is 5.11 Å². The summed E-state index contributed by atoms with van der Waals surface area (Å²) in [6.07, 6.45) is 12.3. The molecule has 2 heteroatoms. The van der Waals surface area contributed by atoms with Crippen molar-refractivity contribution in [2.24, 2.45) is 28.6 Å². The van der Waals surface area contributed by atoms with Crippen LogP contribution in [0.3, 0.4) is 0 Å². The second kappa shape index (κ2) is 5.05. The van der Waals surface area contributed by atoms with Crippen molar-refractivity contribution in [3.63, 3.8) is 0 Å². The van der Waals surface area contributed by atoms with Crippen LogP contribution in [0.2, 0.25) is 0 Å². The molecule has 0 unspecified atom stereocenters. The number of carbonyl (C=O) groups excluding carboxylic acids is 1. The average molecular weight is 314 g/mol. The quantitative estimate of drug-likeness (QED) is 0.727. The van der Waals surface area contributed by atoms with Gasteiger partial charge in [-0.05, 0) is 80.6 Å². The third kappa shape index (κ3) is 2.06. The highest BCUT2D eigenvalue weighted by atomic mass is 16.3. The SMILES string of the molecule is CC(=O)C1=CC[C@H]2[C@@H]3CC[C@H]4C[C@H](O)CC[C@]4(C)C3=CC[C@]12C. The van der Waals surface area contributed by atoms with Gasteiger partial charge in [-0.15, -0.1) is 0 Å². The van der Waals surface area contributed by atoms with Gasteiger partial charge in [0.25, 0.3) is 0 Å². The van der Waals surface area contributed by atoms with Crippen LogP contribution >= 0.6 is 0 Å². The lowest BCUT2D eigenvalue weighted by atomic mass is 9.48. The zero-order valence-electron chi connectivity index (χ0n) is 14.8. The lowest BCUT2D eigenvalue weighted by molar-refractivity contribution is -0.115. The number of aliphatic hydroxyl groups excluding tert-OH is 1. The van der Waals surface area contributed by atoms with Gasteiger partial charge in [0.2, 0.25) is 0 Å². The van der Waals surface area contributed by atoms with Crippen molar-refractivity contribution in [1.29, 1.82) is 0 Å². The molecule has 23 heavy (non-hydrogen) atoms. The van der Waals surface area contributed by atoms with E-state index in [0.29, 0.717) is 23.2 Å². The number of ketones is 1. The Morgan fingerprint density at radius 2 is 1.96 bits per heavy atom. The summed E-state index contributed by atoms with van der Waals surface area (Å²) in [7, 11) is 0. The van der Waals surface area contributed by atoms with Crippen LogP contribution in [0.4, 0.5) is 0 Å². The molecular formula is C21H30O2. The van der Waals surface area contributed by atoms with Crippen molar-refractivity contribution in [2.45, 2.75) is 71.8 Å². The zero-order valence-corrected chi connectivity index (χ0v) is 14.8. The second-order valence-corrected chi connectivity index (χ2v) is 9.02. The highest BCUT2D eigenvalue weighted by Gasteiger charge is 2.55. The molecule has 6 atom stereocenters. The van der Waals surface area contributed by atoms with Crippen LogP contribution in [0.15, 0.2) is 23.3 Å². The molecule has 0 saturated heterocycles. The summed E-state index contributed by atoms with van der Waals surface area (Å²) in [5, 5.41) is 10.1. The Bertz CT molecular complexity index is 601. The number of carbonyl (C=O) groups is 1. The third-order valence-electron chi connectivity index (χ3n) is 7.96. The van der Waals surface area contributed by atoms with E-state index < -0.39 is 0 Å². The molecule has 4 aliphatic rings. The molecule has 0 aromatic carbocycles. The largest absolute Gasteiger partial charge is 0.393 e. The zero-order chi connectivity index (χ0) is 16.4. The molecule has 0 heterocycles. The second-order valence-electron chi connectivity index (χ2n) is 9.02. The average Bonchev–Trinajstić information content (AvgIpc) is 2.85. The molecule has 4 aliphatic carbocycles. The van der Waals surface area contributed by atoms with Gasteiger partial charge in [0, 0.05) is 5.41 Å². The van der Waals surface area contributed by atoms with Crippen molar-refractivity contribution in [1.82, 2.24) is 0 Å².